The average Bonchev–Trinajstić information content (AvgIpc) is 3.34. The van der Waals surface area contributed by atoms with Gasteiger partial charge in [0, 0.05) is 30.1 Å². The van der Waals surface area contributed by atoms with Gasteiger partial charge in [0.15, 0.2) is 0 Å². The quantitative estimate of drug-likeness (QED) is 0.417. The largest absolute Gasteiger partial charge is 0.497 e. The number of nitrogens with zero attached hydrogens (tertiary/aromatic N) is 4. The van der Waals surface area contributed by atoms with Crippen LogP contribution in [-0.4, -0.2) is 29.5 Å². The van der Waals surface area contributed by atoms with E-state index >= 15 is 0 Å². The van der Waals surface area contributed by atoms with Gasteiger partial charge in [0.2, 0.25) is 11.9 Å². The number of methoxy groups -OCH3 is 1. The summed E-state index contributed by atoms with van der Waals surface area (Å²) in [5, 5.41) is 13.1. The Kier molecular flexibility index (Phi) is 6.29. The van der Waals surface area contributed by atoms with E-state index in [-0.39, 0.29) is 12.3 Å². The predicted octanol–water partition coefficient (Wildman–Crippen LogP) is 5.04. The molecule has 0 spiro atoms. The number of anilines is 3. The van der Waals surface area contributed by atoms with Crippen molar-refractivity contribution in [2.24, 2.45) is 0 Å². The maximum Gasteiger partial charge on any atom is 0.231 e. The number of halogens is 1. The smallest absolute Gasteiger partial charge is 0.231 e. The second-order valence-corrected chi connectivity index (χ2v) is 8.33. The molecule has 4 aromatic rings. The molecular formula is C28H22FN5O2. The molecule has 2 heterocycles. The molecule has 1 aromatic heterocycles. The van der Waals surface area contributed by atoms with Crippen LogP contribution < -0.4 is 15.0 Å². The van der Waals surface area contributed by atoms with Crippen molar-refractivity contribution in [3.05, 3.63) is 95.4 Å². The van der Waals surface area contributed by atoms with Crippen LogP contribution in [0.5, 0.6) is 5.75 Å². The Hall–Kier alpha value is -4.77. The molecule has 1 N–H and O–H groups in total. The Bertz CT molecular complexity index is 1500. The monoisotopic (exact) mass is 479 g/mol. The number of nitrogens with one attached hydrogen (secondary N) is 1. The molecule has 0 atom stereocenters. The second-order valence-electron chi connectivity index (χ2n) is 8.33. The molecule has 0 saturated carbocycles. The third-order valence-corrected chi connectivity index (χ3v) is 6.06. The summed E-state index contributed by atoms with van der Waals surface area (Å²) < 4.78 is 19.3. The summed E-state index contributed by atoms with van der Waals surface area (Å²) in [5.41, 5.74) is 4.36. The van der Waals surface area contributed by atoms with Gasteiger partial charge in [-0.2, -0.15) is 5.26 Å². The van der Waals surface area contributed by atoms with E-state index in [4.69, 9.17) is 4.74 Å². The third kappa shape index (κ3) is 4.59. The van der Waals surface area contributed by atoms with Crippen LogP contribution in [0, 0.1) is 17.1 Å². The van der Waals surface area contributed by atoms with Crippen LogP contribution in [0.4, 0.5) is 21.7 Å². The molecular weight excluding hydrogens is 457 g/mol. The summed E-state index contributed by atoms with van der Waals surface area (Å²) >= 11 is 0. The first-order valence-corrected chi connectivity index (χ1v) is 11.4. The highest BCUT2D eigenvalue weighted by atomic mass is 19.1. The molecule has 3 aromatic carbocycles. The minimum Gasteiger partial charge on any atom is -0.497 e. The molecule has 1 amide bonds. The van der Waals surface area contributed by atoms with E-state index in [0.717, 1.165) is 16.8 Å². The number of rotatable bonds is 6. The standard InChI is InChI=1S/C28H22FN5O2/c1-36-23-7-4-6-22(16-23)32-28-31-11-9-25(33-28)20-13-19-10-12-34(27(19)21(14-20)17-30)26(35)15-18-5-2-3-8-24(18)29/h2-9,11,13-14,16H,10,12,15H2,1H3,(H,31,32,33). The fourth-order valence-corrected chi connectivity index (χ4v) is 4.34. The van der Waals surface area contributed by atoms with Gasteiger partial charge in [-0.05, 0) is 53.9 Å². The molecule has 0 aliphatic carbocycles. The molecule has 0 unspecified atom stereocenters. The number of aromatic nitrogens is 2. The van der Waals surface area contributed by atoms with E-state index in [1.54, 1.807) is 48.5 Å². The SMILES string of the molecule is COc1cccc(Nc2nccc(-c3cc(C#N)c4c(c3)CCN4C(=O)Cc3ccccc3F)n2)c1. The molecule has 0 radical (unpaired) electrons. The molecule has 0 saturated heterocycles. The molecule has 7 nitrogen and oxygen atoms in total. The fraction of sp³-hybridized carbons (Fsp3) is 0.143. The number of benzene rings is 3. The first kappa shape index (κ1) is 23.0. The Labute approximate surface area is 207 Å². The maximum atomic E-state index is 14.1. The third-order valence-electron chi connectivity index (χ3n) is 6.06. The topological polar surface area (TPSA) is 91.1 Å². The lowest BCUT2D eigenvalue weighted by Gasteiger charge is -2.19. The van der Waals surface area contributed by atoms with Gasteiger partial charge in [-0.15, -0.1) is 0 Å². The fourth-order valence-electron chi connectivity index (χ4n) is 4.34. The molecule has 0 fully saturated rings. The van der Waals surface area contributed by atoms with Crippen molar-refractivity contribution in [3.8, 4) is 23.1 Å². The van der Waals surface area contributed by atoms with E-state index in [2.05, 4.69) is 21.4 Å². The zero-order valence-electron chi connectivity index (χ0n) is 19.5. The Balaban J connectivity index is 1.42. The number of carbonyl (C=O) groups is 1. The van der Waals surface area contributed by atoms with E-state index in [1.807, 2.05) is 30.3 Å². The maximum absolute atomic E-state index is 14.1. The van der Waals surface area contributed by atoms with E-state index in [0.29, 0.717) is 47.2 Å². The lowest BCUT2D eigenvalue weighted by atomic mass is 10.0. The van der Waals surface area contributed by atoms with Crippen molar-refractivity contribution in [1.29, 1.82) is 5.26 Å². The Morgan fingerprint density at radius 2 is 2.03 bits per heavy atom. The molecule has 0 bridgehead atoms. The van der Waals surface area contributed by atoms with Gasteiger partial charge < -0.3 is 15.0 Å². The first-order valence-electron chi connectivity index (χ1n) is 11.4. The number of nitriles is 1. The van der Waals surface area contributed by atoms with Crippen LogP contribution in [0.3, 0.4) is 0 Å². The van der Waals surface area contributed by atoms with E-state index < -0.39 is 5.82 Å². The van der Waals surface area contributed by atoms with Gasteiger partial charge in [0.05, 0.1) is 30.5 Å². The number of hydrogen-bond acceptors (Lipinski definition) is 6. The predicted molar refractivity (Wildman–Crippen MR) is 135 cm³/mol. The highest BCUT2D eigenvalue weighted by molar-refractivity contribution is 5.98. The summed E-state index contributed by atoms with van der Waals surface area (Å²) in [5.74, 6) is 0.460. The zero-order chi connectivity index (χ0) is 25.1. The van der Waals surface area contributed by atoms with Crippen molar-refractivity contribution in [1.82, 2.24) is 9.97 Å². The number of ether oxygens (including phenoxy) is 1. The van der Waals surface area contributed by atoms with Gasteiger partial charge in [0.25, 0.3) is 0 Å². The molecule has 8 heteroatoms. The zero-order valence-corrected chi connectivity index (χ0v) is 19.5. The van der Waals surface area contributed by atoms with Crippen LogP contribution in [0.1, 0.15) is 16.7 Å². The van der Waals surface area contributed by atoms with Crippen molar-refractivity contribution in [2.75, 3.05) is 23.9 Å². The van der Waals surface area contributed by atoms with Crippen LogP contribution in [0.2, 0.25) is 0 Å². The number of hydrogen-bond donors (Lipinski definition) is 1. The highest BCUT2D eigenvalue weighted by Gasteiger charge is 2.29. The second kappa shape index (κ2) is 9.84. The average molecular weight is 480 g/mol. The summed E-state index contributed by atoms with van der Waals surface area (Å²) in [7, 11) is 1.60. The van der Waals surface area contributed by atoms with Gasteiger partial charge in [0.1, 0.15) is 17.6 Å². The molecule has 178 valence electrons. The van der Waals surface area contributed by atoms with Crippen molar-refractivity contribution < 1.29 is 13.9 Å². The Morgan fingerprint density at radius 3 is 2.83 bits per heavy atom. The normalized spacial score (nSPS) is 12.1. The minimum atomic E-state index is -0.414. The molecule has 36 heavy (non-hydrogen) atoms. The van der Waals surface area contributed by atoms with Crippen molar-refractivity contribution >= 4 is 23.2 Å². The number of carbonyl (C=O) groups excluding carboxylic acids is 1. The summed E-state index contributed by atoms with van der Waals surface area (Å²) in [6.45, 7) is 0.438. The van der Waals surface area contributed by atoms with Gasteiger partial charge in [-0.3, -0.25) is 4.79 Å². The lowest BCUT2D eigenvalue weighted by molar-refractivity contribution is -0.117. The van der Waals surface area contributed by atoms with Crippen LogP contribution in [0.25, 0.3) is 11.3 Å². The molecule has 5 rings (SSSR count). The lowest BCUT2D eigenvalue weighted by Crippen LogP contribution is -2.31. The molecule has 1 aliphatic heterocycles. The first-order chi connectivity index (χ1) is 17.6. The van der Waals surface area contributed by atoms with E-state index in [9.17, 15) is 14.4 Å². The minimum absolute atomic E-state index is 0.0655. The van der Waals surface area contributed by atoms with Gasteiger partial charge in [-0.1, -0.05) is 24.3 Å². The summed E-state index contributed by atoms with van der Waals surface area (Å²) in [6, 6.07) is 21.3. The molecule has 1 aliphatic rings. The summed E-state index contributed by atoms with van der Waals surface area (Å²) in [4.78, 5) is 23.5. The number of amides is 1. The van der Waals surface area contributed by atoms with Crippen LogP contribution in [0.15, 0.2) is 72.9 Å². The summed E-state index contributed by atoms with van der Waals surface area (Å²) in [6.07, 6.45) is 2.18. The van der Waals surface area contributed by atoms with Crippen LogP contribution >= 0.6 is 0 Å². The number of fused-ring (bicyclic) bond motifs is 1. The highest BCUT2D eigenvalue weighted by Crippen LogP contribution is 2.36. The van der Waals surface area contributed by atoms with Crippen molar-refractivity contribution in [2.45, 2.75) is 12.8 Å². The van der Waals surface area contributed by atoms with Crippen LogP contribution in [-0.2, 0) is 17.6 Å². The van der Waals surface area contributed by atoms with E-state index in [1.165, 1.54) is 6.07 Å². The van der Waals surface area contributed by atoms with Crippen molar-refractivity contribution in [3.63, 3.8) is 0 Å². The Morgan fingerprint density at radius 1 is 1.17 bits per heavy atom. The van der Waals surface area contributed by atoms with Gasteiger partial charge in [-0.25, -0.2) is 14.4 Å². The van der Waals surface area contributed by atoms with Gasteiger partial charge >= 0.3 is 0 Å².